The number of benzene rings is 1. The van der Waals surface area contributed by atoms with Crippen molar-refractivity contribution >= 4 is 15.9 Å². The molecule has 0 spiro atoms. The predicted molar refractivity (Wildman–Crippen MR) is 66.8 cm³/mol. The molecule has 0 amide bonds. The zero-order valence-electron chi connectivity index (χ0n) is 9.27. The maximum Gasteiger partial charge on any atom is 0.118 e. The summed E-state index contributed by atoms with van der Waals surface area (Å²) in [7, 11) is 1.67. The molecule has 2 aromatic rings. The van der Waals surface area contributed by atoms with Crippen molar-refractivity contribution in [3.8, 4) is 5.75 Å². The van der Waals surface area contributed by atoms with E-state index in [1.807, 2.05) is 25.3 Å². The largest absolute Gasteiger partial charge is 0.497 e. The lowest BCUT2D eigenvalue weighted by Crippen LogP contribution is -2.02. The average Bonchev–Trinajstić information content (AvgIpc) is 2.62. The quantitative estimate of drug-likeness (QED) is 0.864. The Bertz CT molecular complexity index is 457. The first-order chi connectivity index (χ1) is 7.70. The van der Waals surface area contributed by atoms with Gasteiger partial charge in [0.05, 0.1) is 13.3 Å². The van der Waals surface area contributed by atoms with Crippen LogP contribution in [0, 0.1) is 6.92 Å². The van der Waals surface area contributed by atoms with Crippen LogP contribution in [0.1, 0.15) is 11.4 Å². The Balaban J connectivity index is 2.20. The monoisotopic (exact) mass is 280 g/mol. The fraction of sp³-hybridized carbons (Fsp3) is 0.250. The zero-order chi connectivity index (χ0) is 11.5. The second-order valence-corrected chi connectivity index (χ2v) is 4.37. The molecule has 0 radical (unpaired) electrons. The fourth-order valence-electron chi connectivity index (χ4n) is 1.54. The fourth-order valence-corrected chi connectivity index (χ4v) is 2.03. The van der Waals surface area contributed by atoms with Crippen LogP contribution in [0.3, 0.4) is 0 Å². The minimum atomic E-state index is 0.816. The van der Waals surface area contributed by atoms with Crippen LogP contribution in [-0.4, -0.2) is 16.7 Å². The second-order valence-electron chi connectivity index (χ2n) is 3.56. The van der Waals surface area contributed by atoms with Crippen LogP contribution in [0.4, 0.5) is 0 Å². The Kier molecular flexibility index (Phi) is 3.29. The van der Waals surface area contributed by atoms with Gasteiger partial charge >= 0.3 is 0 Å². The molecule has 1 aromatic carbocycles. The summed E-state index contributed by atoms with van der Waals surface area (Å²) in [5.41, 5.74) is 1.22. The summed E-state index contributed by atoms with van der Waals surface area (Å²) in [6.07, 6.45) is 1.82. The number of hydrogen-bond donors (Lipinski definition) is 0. The van der Waals surface area contributed by atoms with Crippen molar-refractivity contribution in [2.75, 3.05) is 7.11 Å². The summed E-state index contributed by atoms with van der Waals surface area (Å²) < 4.78 is 8.24. The van der Waals surface area contributed by atoms with Crippen LogP contribution >= 0.6 is 15.9 Å². The van der Waals surface area contributed by atoms with E-state index in [-0.39, 0.29) is 0 Å². The number of nitrogens with zero attached hydrogens (tertiary/aromatic N) is 2. The van der Waals surface area contributed by atoms with Crippen molar-refractivity contribution in [2.45, 2.75) is 13.5 Å². The van der Waals surface area contributed by atoms with E-state index in [0.717, 1.165) is 22.7 Å². The molecule has 84 valence electrons. The summed E-state index contributed by atoms with van der Waals surface area (Å²) in [6, 6.07) is 8.06. The van der Waals surface area contributed by atoms with Gasteiger partial charge in [-0.1, -0.05) is 12.1 Å². The number of rotatable bonds is 3. The van der Waals surface area contributed by atoms with Crippen LogP contribution in [0.15, 0.2) is 35.1 Å². The molecule has 0 fully saturated rings. The third-order valence-electron chi connectivity index (χ3n) is 2.51. The Labute approximate surface area is 103 Å². The van der Waals surface area contributed by atoms with E-state index < -0.39 is 0 Å². The third-order valence-corrected chi connectivity index (χ3v) is 3.14. The first-order valence-electron chi connectivity index (χ1n) is 5.01. The SMILES string of the molecule is COc1ccc(Cn2c(Br)cnc2C)cc1. The lowest BCUT2D eigenvalue weighted by molar-refractivity contribution is 0.414. The van der Waals surface area contributed by atoms with Gasteiger partial charge in [-0.15, -0.1) is 0 Å². The van der Waals surface area contributed by atoms with Gasteiger partial charge in [0.25, 0.3) is 0 Å². The molecular formula is C12H13BrN2O. The third kappa shape index (κ3) is 2.27. The molecule has 16 heavy (non-hydrogen) atoms. The zero-order valence-corrected chi connectivity index (χ0v) is 10.9. The Morgan fingerprint density at radius 3 is 2.50 bits per heavy atom. The van der Waals surface area contributed by atoms with E-state index in [2.05, 4.69) is 37.6 Å². The topological polar surface area (TPSA) is 27.1 Å². The molecule has 0 aliphatic heterocycles. The van der Waals surface area contributed by atoms with E-state index >= 15 is 0 Å². The lowest BCUT2D eigenvalue weighted by Gasteiger charge is -2.07. The highest BCUT2D eigenvalue weighted by Crippen LogP contribution is 2.17. The van der Waals surface area contributed by atoms with Crippen molar-refractivity contribution in [2.24, 2.45) is 0 Å². The summed E-state index contributed by atoms with van der Waals surface area (Å²) in [5, 5.41) is 0. The van der Waals surface area contributed by atoms with Gasteiger partial charge in [-0.05, 0) is 40.5 Å². The van der Waals surface area contributed by atoms with E-state index in [1.165, 1.54) is 5.56 Å². The van der Waals surface area contributed by atoms with Crippen molar-refractivity contribution < 1.29 is 4.74 Å². The number of ether oxygens (including phenoxy) is 1. The number of aryl methyl sites for hydroxylation is 1. The molecule has 1 heterocycles. The standard InChI is InChI=1S/C12H13BrN2O/c1-9-14-7-12(13)15(9)8-10-3-5-11(16-2)6-4-10/h3-7H,8H2,1-2H3. The van der Waals surface area contributed by atoms with Crippen LogP contribution in [-0.2, 0) is 6.54 Å². The molecule has 0 unspecified atom stereocenters. The number of hydrogen-bond acceptors (Lipinski definition) is 2. The molecule has 2 rings (SSSR count). The van der Waals surface area contributed by atoms with Gasteiger partial charge in [-0.2, -0.15) is 0 Å². The van der Waals surface area contributed by atoms with Gasteiger partial charge in [0.1, 0.15) is 16.2 Å². The summed E-state index contributed by atoms with van der Waals surface area (Å²) in [5.74, 6) is 1.88. The molecule has 4 heteroatoms. The molecule has 0 bridgehead atoms. The Morgan fingerprint density at radius 2 is 2.00 bits per heavy atom. The van der Waals surface area contributed by atoms with Crippen molar-refractivity contribution in [3.05, 3.63) is 46.5 Å². The van der Waals surface area contributed by atoms with Crippen molar-refractivity contribution in [3.63, 3.8) is 0 Å². The normalized spacial score (nSPS) is 10.4. The minimum absolute atomic E-state index is 0.816. The molecule has 3 nitrogen and oxygen atoms in total. The Morgan fingerprint density at radius 1 is 1.31 bits per heavy atom. The van der Waals surface area contributed by atoms with Crippen LogP contribution in [0.25, 0.3) is 0 Å². The van der Waals surface area contributed by atoms with Crippen LogP contribution in [0.5, 0.6) is 5.75 Å². The maximum atomic E-state index is 5.12. The van der Waals surface area contributed by atoms with E-state index in [1.54, 1.807) is 7.11 Å². The predicted octanol–water partition coefficient (Wildman–Crippen LogP) is 3.01. The average molecular weight is 281 g/mol. The summed E-state index contributed by atoms with van der Waals surface area (Å²) in [4.78, 5) is 4.24. The highest BCUT2D eigenvalue weighted by molar-refractivity contribution is 9.10. The first kappa shape index (κ1) is 11.2. The molecule has 0 saturated heterocycles. The van der Waals surface area contributed by atoms with E-state index in [9.17, 15) is 0 Å². The first-order valence-corrected chi connectivity index (χ1v) is 5.80. The minimum Gasteiger partial charge on any atom is -0.497 e. The maximum absolute atomic E-state index is 5.12. The number of imidazole rings is 1. The van der Waals surface area contributed by atoms with Gasteiger partial charge in [0.2, 0.25) is 0 Å². The number of aromatic nitrogens is 2. The van der Waals surface area contributed by atoms with E-state index in [4.69, 9.17) is 4.74 Å². The molecule has 0 atom stereocenters. The number of methoxy groups -OCH3 is 1. The van der Waals surface area contributed by atoms with Gasteiger partial charge < -0.3 is 9.30 Å². The highest BCUT2D eigenvalue weighted by Gasteiger charge is 2.04. The molecule has 0 aliphatic carbocycles. The molecule has 0 N–H and O–H groups in total. The van der Waals surface area contributed by atoms with Gasteiger partial charge in [-0.3, -0.25) is 0 Å². The van der Waals surface area contributed by atoms with Gasteiger partial charge in [0, 0.05) is 6.54 Å². The molecular weight excluding hydrogens is 268 g/mol. The lowest BCUT2D eigenvalue weighted by atomic mass is 10.2. The van der Waals surface area contributed by atoms with Crippen LogP contribution in [0.2, 0.25) is 0 Å². The number of halogens is 1. The van der Waals surface area contributed by atoms with E-state index in [0.29, 0.717) is 0 Å². The molecule has 1 aromatic heterocycles. The Hall–Kier alpha value is -1.29. The second kappa shape index (κ2) is 4.70. The molecule has 0 saturated carbocycles. The van der Waals surface area contributed by atoms with Gasteiger partial charge in [0.15, 0.2) is 0 Å². The highest BCUT2D eigenvalue weighted by atomic mass is 79.9. The molecule has 0 aliphatic rings. The van der Waals surface area contributed by atoms with Crippen molar-refractivity contribution in [1.82, 2.24) is 9.55 Å². The van der Waals surface area contributed by atoms with Crippen molar-refractivity contribution in [1.29, 1.82) is 0 Å². The van der Waals surface area contributed by atoms with Crippen LogP contribution < -0.4 is 4.74 Å². The summed E-state index contributed by atoms with van der Waals surface area (Å²) in [6.45, 7) is 2.81. The summed E-state index contributed by atoms with van der Waals surface area (Å²) >= 11 is 3.48. The van der Waals surface area contributed by atoms with Gasteiger partial charge in [-0.25, -0.2) is 4.98 Å². The smallest absolute Gasteiger partial charge is 0.118 e.